The summed E-state index contributed by atoms with van der Waals surface area (Å²) in [7, 11) is 0. The van der Waals surface area contributed by atoms with E-state index in [2.05, 4.69) is 6.07 Å². The first-order chi connectivity index (χ1) is 10.1. The number of phenolic OH excluding ortho intramolecular Hbond substituents is 3. The van der Waals surface area contributed by atoms with E-state index in [9.17, 15) is 15.3 Å². The summed E-state index contributed by atoms with van der Waals surface area (Å²) in [6.07, 6.45) is 0. The van der Waals surface area contributed by atoms with Crippen LogP contribution in [0.5, 0.6) is 17.2 Å². The molecule has 4 aromatic rings. The van der Waals surface area contributed by atoms with Gasteiger partial charge >= 0.3 is 0 Å². The maximum Gasteiger partial charge on any atom is 0.200 e. The van der Waals surface area contributed by atoms with E-state index in [0.717, 1.165) is 21.5 Å². The normalized spacial score (nSPS) is 11.4. The van der Waals surface area contributed by atoms with Gasteiger partial charge in [0.2, 0.25) is 5.75 Å². The lowest BCUT2D eigenvalue weighted by Crippen LogP contribution is -1.81. The third-order valence-electron chi connectivity index (χ3n) is 3.89. The van der Waals surface area contributed by atoms with Crippen LogP contribution < -0.4 is 0 Å². The Morgan fingerprint density at radius 3 is 1.76 bits per heavy atom. The lowest BCUT2D eigenvalue weighted by Gasteiger charge is -2.08. The van der Waals surface area contributed by atoms with Crippen molar-refractivity contribution < 1.29 is 15.3 Å². The largest absolute Gasteiger partial charge is 0.504 e. The van der Waals surface area contributed by atoms with Crippen LogP contribution in [0, 0.1) is 0 Å². The average molecular weight is 276 g/mol. The predicted octanol–water partition coefficient (Wildman–Crippen LogP) is 4.26. The predicted molar refractivity (Wildman–Crippen MR) is 84.0 cm³/mol. The Balaban J connectivity index is 2.18. The van der Waals surface area contributed by atoms with Crippen LogP contribution in [0.1, 0.15) is 0 Å². The first-order valence-electron chi connectivity index (χ1n) is 6.63. The molecule has 0 aliphatic carbocycles. The van der Waals surface area contributed by atoms with Crippen LogP contribution >= 0.6 is 0 Å². The van der Waals surface area contributed by atoms with Crippen LogP contribution in [-0.2, 0) is 0 Å². The summed E-state index contributed by atoms with van der Waals surface area (Å²) in [6, 6.07) is 17.4. The number of rotatable bonds is 0. The van der Waals surface area contributed by atoms with E-state index < -0.39 is 5.75 Å². The zero-order valence-corrected chi connectivity index (χ0v) is 11.0. The van der Waals surface area contributed by atoms with Crippen molar-refractivity contribution in [3.63, 3.8) is 0 Å². The molecule has 4 rings (SSSR count). The molecule has 21 heavy (non-hydrogen) atoms. The molecule has 0 saturated carbocycles. The molecule has 0 heterocycles. The lowest BCUT2D eigenvalue weighted by atomic mass is 9.99. The minimum absolute atomic E-state index is 0.292. The highest BCUT2D eigenvalue weighted by Crippen LogP contribution is 2.42. The topological polar surface area (TPSA) is 60.7 Å². The van der Waals surface area contributed by atoms with Gasteiger partial charge in [0.05, 0.1) is 0 Å². The molecule has 0 aliphatic heterocycles. The Labute approximate surface area is 120 Å². The molecule has 0 aliphatic rings. The number of phenols is 3. The highest BCUT2D eigenvalue weighted by Gasteiger charge is 2.12. The van der Waals surface area contributed by atoms with E-state index >= 15 is 0 Å². The summed E-state index contributed by atoms with van der Waals surface area (Å²) < 4.78 is 0. The van der Waals surface area contributed by atoms with Gasteiger partial charge in [0.25, 0.3) is 0 Å². The standard InChI is InChI=1S/C18H12O3/c19-16-9-14-7-12-5-10-3-1-2-4-11(10)6-13(12)8-15(14)17(20)18(16)21/h1-9,19-21H. The first-order valence-corrected chi connectivity index (χ1v) is 6.63. The molecular weight excluding hydrogens is 264 g/mol. The van der Waals surface area contributed by atoms with Crippen molar-refractivity contribution in [2.24, 2.45) is 0 Å². The Bertz CT molecular complexity index is 1020. The Morgan fingerprint density at radius 2 is 1.10 bits per heavy atom. The van der Waals surface area contributed by atoms with Gasteiger partial charge in [0.1, 0.15) is 0 Å². The third-order valence-corrected chi connectivity index (χ3v) is 3.89. The van der Waals surface area contributed by atoms with Gasteiger partial charge < -0.3 is 15.3 Å². The number of hydrogen-bond acceptors (Lipinski definition) is 3. The van der Waals surface area contributed by atoms with Crippen molar-refractivity contribution in [2.45, 2.75) is 0 Å². The molecule has 4 aromatic carbocycles. The maximum absolute atomic E-state index is 10.0. The molecule has 0 amide bonds. The van der Waals surface area contributed by atoms with Crippen molar-refractivity contribution in [3.05, 3.63) is 54.6 Å². The molecule has 0 saturated heterocycles. The van der Waals surface area contributed by atoms with Crippen LogP contribution in [0.25, 0.3) is 32.3 Å². The van der Waals surface area contributed by atoms with Gasteiger partial charge in [-0.1, -0.05) is 24.3 Å². The van der Waals surface area contributed by atoms with Crippen molar-refractivity contribution in [2.75, 3.05) is 0 Å². The molecular formula is C18H12O3. The molecule has 0 aromatic heterocycles. The van der Waals surface area contributed by atoms with Gasteiger partial charge in [-0.3, -0.25) is 0 Å². The van der Waals surface area contributed by atoms with Gasteiger partial charge in [0.15, 0.2) is 11.5 Å². The SMILES string of the molecule is Oc1cc2cc3cc4ccccc4cc3cc2c(O)c1O. The smallest absolute Gasteiger partial charge is 0.200 e. The highest BCUT2D eigenvalue weighted by atomic mass is 16.3. The number of aromatic hydroxyl groups is 3. The molecule has 3 N–H and O–H groups in total. The molecule has 0 unspecified atom stereocenters. The minimum atomic E-state index is -0.484. The monoisotopic (exact) mass is 276 g/mol. The van der Waals surface area contributed by atoms with Gasteiger partial charge in [-0.25, -0.2) is 0 Å². The lowest BCUT2D eigenvalue weighted by molar-refractivity contribution is 0.371. The summed E-state index contributed by atoms with van der Waals surface area (Å²) in [5, 5.41) is 34.7. The van der Waals surface area contributed by atoms with Gasteiger partial charge in [0, 0.05) is 5.39 Å². The molecule has 0 fully saturated rings. The second kappa shape index (κ2) is 4.03. The van der Waals surface area contributed by atoms with Crippen molar-refractivity contribution in [1.29, 1.82) is 0 Å². The van der Waals surface area contributed by atoms with Gasteiger partial charge in [-0.2, -0.15) is 0 Å². The summed E-state index contributed by atoms with van der Waals surface area (Å²) in [5.74, 6) is -1.09. The van der Waals surface area contributed by atoms with E-state index in [1.165, 1.54) is 6.07 Å². The van der Waals surface area contributed by atoms with Crippen LogP contribution in [0.15, 0.2) is 54.6 Å². The molecule has 0 spiro atoms. The van der Waals surface area contributed by atoms with E-state index in [-0.39, 0.29) is 11.5 Å². The summed E-state index contributed by atoms with van der Waals surface area (Å²) >= 11 is 0. The number of fused-ring (bicyclic) bond motifs is 3. The van der Waals surface area contributed by atoms with Gasteiger partial charge in [-0.15, -0.1) is 0 Å². The quantitative estimate of drug-likeness (QED) is 0.332. The van der Waals surface area contributed by atoms with E-state index in [1.807, 2.05) is 42.5 Å². The minimum Gasteiger partial charge on any atom is -0.504 e. The molecule has 102 valence electrons. The molecule has 0 radical (unpaired) electrons. The third kappa shape index (κ3) is 1.68. The zero-order chi connectivity index (χ0) is 14.6. The van der Waals surface area contributed by atoms with Crippen molar-refractivity contribution >= 4 is 32.3 Å². The average Bonchev–Trinajstić information content (AvgIpc) is 2.49. The Hall–Kier alpha value is -2.94. The second-order valence-electron chi connectivity index (χ2n) is 5.21. The van der Waals surface area contributed by atoms with Gasteiger partial charge in [-0.05, 0) is 57.3 Å². The Morgan fingerprint density at radius 1 is 0.524 bits per heavy atom. The Kier molecular flexibility index (Phi) is 2.27. The van der Waals surface area contributed by atoms with Crippen LogP contribution in [-0.4, -0.2) is 15.3 Å². The van der Waals surface area contributed by atoms with Crippen LogP contribution in [0.2, 0.25) is 0 Å². The molecule has 0 atom stereocenters. The zero-order valence-electron chi connectivity index (χ0n) is 11.0. The van der Waals surface area contributed by atoms with Crippen LogP contribution in [0.3, 0.4) is 0 Å². The number of hydrogen-bond donors (Lipinski definition) is 3. The summed E-state index contributed by atoms with van der Waals surface area (Å²) in [6.45, 7) is 0. The summed E-state index contributed by atoms with van der Waals surface area (Å²) in [4.78, 5) is 0. The highest BCUT2D eigenvalue weighted by molar-refractivity contribution is 6.07. The molecule has 3 heteroatoms. The second-order valence-corrected chi connectivity index (χ2v) is 5.21. The van der Waals surface area contributed by atoms with Crippen LogP contribution in [0.4, 0.5) is 0 Å². The first kappa shape index (κ1) is 11.9. The fourth-order valence-electron chi connectivity index (χ4n) is 2.80. The molecule has 0 bridgehead atoms. The molecule has 3 nitrogen and oxygen atoms in total. The van der Waals surface area contributed by atoms with E-state index in [1.54, 1.807) is 0 Å². The van der Waals surface area contributed by atoms with Crippen molar-refractivity contribution in [1.82, 2.24) is 0 Å². The van der Waals surface area contributed by atoms with E-state index in [4.69, 9.17) is 0 Å². The fraction of sp³-hybridized carbons (Fsp3) is 0. The van der Waals surface area contributed by atoms with E-state index in [0.29, 0.717) is 10.8 Å². The van der Waals surface area contributed by atoms with Crippen molar-refractivity contribution in [3.8, 4) is 17.2 Å². The maximum atomic E-state index is 10.0. The summed E-state index contributed by atoms with van der Waals surface area (Å²) in [5.41, 5.74) is 0. The number of benzene rings is 4. The fourth-order valence-corrected chi connectivity index (χ4v) is 2.80.